The molecule has 3 aliphatic rings. The molecule has 2 aromatic rings. The van der Waals surface area contributed by atoms with Crippen molar-refractivity contribution in [3.8, 4) is 0 Å². The summed E-state index contributed by atoms with van der Waals surface area (Å²) in [5, 5.41) is 19.2. The highest BCUT2D eigenvalue weighted by atomic mass is 35.5. The van der Waals surface area contributed by atoms with E-state index in [2.05, 4.69) is 20.8 Å². The Kier molecular flexibility index (Phi) is 2.80. The number of rotatable bonds is 4. The lowest BCUT2D eigenvalue weighted by atomic mass is 9.65. The predicted octanol–water partition coefficient (Wildman–Crippen LogP) is 3.65. The second kappa shape index (κ2) is 4.56. The molecule has 2 heterocycles. The summed E-state index contributed by atoms with van der Waals surface area (Å²) in [4.78, 5) is 1.22. The van der Waals surface area contributed by atoms with Crippen molar-refractivity contribution in [3.63, 3.8) is 0 Å². The Morgan fingerprint density at radius 1 is 1.18 bits per heavy atom. The van der Waals surface area contributed by atoms with Gasteiger partial charge in [0.15, 0.2) is 0 Å². The summed E-state index contributed by atoms with van der Waals surface area (Å²) in [6.07, 6.45) is 6.17. The first kappa shape index (κ1) is 13.5. The Bertz CT molecular complexity index is 726. The van der Waals surface area contributed by atoms with Crippen molar-refractivity contribution in [2.75, 3.05) is 0 Å². The highest BCUT2D eigenvalue weighted by Gasteiger charge is 2.52. The van der Waals surface area contributed by atoms with E-state index in [1.54, 1.807) is 11.3 Å². The zero-order chi connectivity index (χ0) is 14.9. The molecule has 4 nitrogen and oxygen atoms in total. The quantitative estimate of drug-likeness (QED) is 0.928. The van der Waals surface area contributed by atoms with E-state index >= 15 is 0 Å². The Labute approximate surface area is 138 Å². The topological polar surface area (TPSA) is 50.9 Å². The molecule has 3 fully saturated rings. The molecule has 0 unspecified atom stereocenters. The van der Waals surface area contributed by atoms with Gasteiger partial charge in [-0.3, -0.25) is 0 Å². The van der Waals surface area contributed by atoms with Crippen molar-refractivity contribution in [1.29, 1.82) is 0 Å². The number of aliphatic hydroxyl groups excluding tert-OH is 1. The number of thiophene rings is 1. The summed E-state index contributed by atoms with van der Waals surface area (Å²) < 4.78 is 3.22. The van der Waals surface area contributed by atoms with Gasteiger partial charge >= 0.3 is 0 Å². The van der Waals surface area contributed by atoms with E-state index in [0.29, 0.717) is 12.0 Å². The normalized spacial score (nSPS) is 31.3. The molecule has 2 aromatic heterocycles. The molecule has 3 aliphatic carbocycles. The summed E-state index contributed by atoms with van der Waals surface area (Å²) in [6, 6.07) is 4.63. The smallest absolute Gasteiger partial charge is 0.145 e. The number of aliphatic hydroxyl groups is 1. The second-order valence-corrected chi connectivity index (χ2v) is 8.72. The average molecular weight is 336 g/mol. The highest BCUT2D eigenvalue weighted by molar-refractivity contribution is 7.16. The molecule has 22 heavy (non-hydrogen) atoms. The van der Waals surface area contributed by atoms with Crippen LogP contribution in [0, 0.1) is 0 Å². The Hall–Kier alpha value is -0.910. The van der Waals surface area contributed by atoms with Crippen LogP contribution in [0.5, 0.6) is 0 Å². The molecular formula is C16H18ClN3OS. The van der Waals surface area contributed by atoms with Crippen LogP contribution in [0.25, 0.3) is 0 Å². The third-order valence-corrected chi connectivity index (χ3v) is 6.65. The highest BCUT2D eigenvalue weighted by Crippen LogP contribution is 2.54. The van der Waals surface area contributed by atoms with Crippen LogP contribution in [0.1, 0.15) is 67.0 Å². The summed E-state index contributed by atoms with van der Waals surface area (Å²) >= 11 is 7.78. The van der Waals surface area contributed by atoms with Gasteiger partial charge in [0.25, 0.3) is 0 Å². The van der Waals surface area contributed by atoms with Crippen molar-refractivity contribution in [1.82, 2.24) is 14.8 Å². The van der Waals surface area contributed by atoms with Crippen LogP contribution in [-0.2, 0) is 5.41 Å². The SMILES string of the molecule is O[C@H]1C[C@@](c2ccc(Cl)s2)(c2nnc(C3CC3)n2C2CC2)C1. The van der Waals surface area contributed by atoms with E-state index in [-0.39, 0.29) is 11.5 Å². The lowest BCUT2D eigenvalue weighted by Gasteiger charge is -2.44. The maximum atomic E-state index is 10.0. The molecule has 116 valence electrons. The molecule has 0 spiro atoms. The summed E-state index contributed by atoms with van der Waals surface area (Å²) in [6.45, 7) is 0. The molecule has 0 aromatic carbocycles. The molecule has 3 saturated carbocycles. The first-order chi connectivity index (χ1) is 10.7. The van der Waals surface area contributed by atoms with Gasteiger partial charge in [-0.15, -0.1) is 21.5 Å². The van der Waals surface area contributed by atoms with Gasteiger partial charge in [-0.25, -0.2) is 0 Å². The third-order valence-electron chi connectivity index (χ3n) is 5.22. The molecule has 0 atom stereocenters. The lowest BCUT2D eigenvalue weighted by Crippen LogP contribution is -2.47. The van der Waals surface area contributed by atoms with Crippen molar-refractivity contribution in [2.24, 2.45) is 0 Å². The van der Waals surface area contributed by atoms with Gasteiger partial charge in [0, 0.05) is 16.8 Å². The fourth-order valence-corrected chi connectivity index (χ4v) is 5.00. The Morgan fingerprint density at radius 2 is 1.95 bits per heavy atom. The lowest BCUT2D eigenvalue weighted by molar-refractivity contribution is 0.0334. The van der Waals surface area contributed by atoms with Crippen LogP contribution in [-0.4, -0.2) is 26.0 Å². The molecule has 0 radical (unpaired) electrons. The minimum absolute atomic E-state index is 0.181. The largest absolute Gasteiger partial charge is 0.393 e. The fraction of sp³-hybridized carbons (Fsp3) is 0.625. The van der Waals surface area contributed by atoms with Crippen LogP contribution in [0.3, 0.4) is 0 Å². The van der Waals surface area contributed by atoms with Gasteiger partial charge in [-0.1, -0.05) is 11.6 Å². The standard InChI is InChI=1S/C16H18ClN3OS/c17-13-6-5-12(22-13)16(7-11(21)8-16)15-19-18-14(9-1-2-9)20(15)10-3-4-10/h5-6,9-11,21H,1-4,7-8H2/t11-,16+. The summed E-state index contributed by atoms with van der Waals surface area (Å²) in [5.41, 5.74) is -0.181. The monoisotopic (exact) mass is 335 g/mol. The van der Waals surface area contributed by atoms with Crippen LogP contribution in [0.15, 0.2) is 12.1 Å². The number of nitrogens with zero attached hydrogens (tertiary/aromatic N) is 3. The zero-order valence-electron chi connectivity index (χ0n) is 12.2. The van der Waals surface area contributed by atoms with E-state index in [4.69, 9.17) is 11.6 Å². The third kappa shape index (κ3) is 1.92. The molecule has 1 N–H and O–H groups in total. The van der Waals surface area contributed by atoms with Gasteiger partial charge < -0.3 is 9.67 Å². The molecular weight excluding hydrogens is 318 g/mol. The van der Waals surface area contributed by atoms with E-state index in [0.717, 1.165) is 23.0 Å². The van der Waals surface area contributed by atoms with E-state index < -0.39 is 0 Å². The Balaban J connectivity index is 1.64. The molecule has 5 rings (SSSR count). The summed E-state index contributed by atoms with van der Waals surface area (Å²) in [7, 11) is 0. The molecule has 0 amide bonds. The van der Waals surface area contributed by atoms with E-state index in [1.807, 2.05) is 6.07 Å². The van der Waals surface area contributed by atoms with Crippen molar-refractivity contribution >= 4 is 22.9 Å². The molecule has 0 aliphatic heterocycles. The fourth-order valence-electron chi connectivity index (χ4n) is 3.75. The minimum Gasteiger partial charge on any atom is -0.393 e. The first-order valence-corrected chi connectivity index (χ1v) is 9.26. The van der Waals surface area contributed by atoms with E-state index in [1.165, 1.54) is 36.4 Å². The summed E-state index contributed by atoms with van der Waals surface area (Å²) in [5.74, 6) is 2.86. The molecule has 0 bridgehead atoms. The van der Waals surface area contributed by atoms with Gasteiger partial charge in [0.1, 0.15) is 11.6 Å². The van der Waals surface area contributed by atoms with Crippen LogP contribution >= 0.6 is 22.9 Å². The Morgan fingerprint density at radius 3 is 2.50 bits per heavy atom. The van der Waals surface area contributed by atoms with E-state index in [9.17, 15) is 5.11 Å². The zero-order valence-corrected chi connectivity index (χ0v) is 13.8. The molecule has 6 heteroatoms. The van der Waals surface area contributed by atoms with Gasteiger partial charge in [-0.05, 0) is 50.7 Å². The number of halogens is 1. The van der Waals surface area contributed by atoms with Crippen LogP contribution < -0.4 is 0 Å². The van der Waals surface area contributed by atoms with Gasteiger partial charge in [0.2, 0.25) is 0 Å². The molecule has 0 saturated heterocycles. The van der Waals surface area contributed by atoms with Crippen molar-refractivity contribution < 1.29 is 5.11 Å². The minimum atomic E-state index is -0.241. The van der Waals surface area contributed by atoms with Crippen molar-refractivity contribution in [2.45, 2.75) is 62.0 Å². The number of hydrogen-bond acceptors (Lipinski definition) is 4. The predicted molar refractivity (Wildman–Crippen MR) is 85.6 cm³/mol. The number of aromatic nitrogens is 3. The maximum Gasteiger partial charge on any atom is 0.145 e. The average Bonchev–Trinajstić information content (AvgIpc) is 3.39. The van der Waals surface area contributed by atoms with Crippen LogP contribution in [0.4, 0.5) is 0 Å². The second-order valence-electron chi connectivity index (χ2n) is 7.01. The van der Waals surface area contributed by atoms with Gasteiger partial charge in [-0.2, -0.15) is 0 Å². The van der Waals surface area contributed by atoms with Crippen molar-refractivity contribution in [3.05, 3.63) is 33.0 Å². The first-order valence-electron chi connectivity index (χ1n) is 8.06. The van der Waals surface area contributed by atoms with Crippen LogP contribution in [0.2, 0.25) is 4.34 Å². The number of hydrogen-bond donors (Lipinski definition) is 1. The van der Waals surface area contributed by atoms with Gasteiger partial charge in [0.05, 0.1) is 15.9 Å². The maximum absolute atomic E-state index is 10.0.